The van der Waals surface area contributed by atoms with E-state index in [0.29, 0.717) is 13.0 Å². The maximum atomic E-state index is 13.6. The number of nitrogens with one attached hydrogen (secondary N) is 2. The first-order valence-corrected chi connectivity index (χ1v) is 7.65. The van der Waals surface area contributed by atoms with Crippen LogP contribution in [0.3, 0.4) is 0 Å². The molecule has 1 heterocycles. The van der Waals surface area contributed by atoms with Gasteiger partial charge in [0, 0.05) is 18.7 Å². The van der Waals surface area contributed by atoms with E-state index in [1.165, 1.54) is 17.7 Å². The number of aliphatic hydroxyl groups is 1. The summed E-state index contributed by atoms with van der Waals surface area (Å²) in [6, 6.07) is 13.7. The molecule has 0 saturated heterocycles. The number of fused-ring (bicyclic) bond motifs is 1. The molecule has 0 unspecified atom stereocenters. The fourth-order valence-electron chi connectivity index (χ4n) is 2.82. The van der Waals surface area contributed by atoms with Crippen LogP contribution in [0.5, 0.6) is 0 Å². The van der Waals surface area contributed by atoms with Gasteiger partial charge in [-0.25, -0.2) is 4.39 Å². The zero-order chi connectivity index (χ0) is 16.2. The number of hydrogen-bond donors (Lipinski definition) is 3. The number of carbonyl (C=O) groups is 1. The summed E-state index contributed by atoms with van der Waals surface area (Å²) in [5, 5.41) is 15.9. The molecule has 2 aromatic rings. The summed E-state index contributed by atoms with van der Waals surface area (Å²) < 4.78 is 13.6. The van der Waals surface area contributed by atoms with Crippen molar-refractivity contribution in [1.29, 1.82) is 0 Å². The Morgan fingerprint density at radius 2 is 1.91 bits per heavy atom. The lowest BCUT2D eigenvalue weighted by Gasteiger charge is -2.25. The molecule has 0 spiro atoms. The molecule has 2 atom stereocenters. The molecule has 3 rings (SSSR count). The normalized spacial score (nSPS) is 18.1. The smallest absolute Gasteiger partial charge is 0.237 e. The second kappa shape index (κ2) is 6.89. The Morgan fingerprint density at radius 3 is 2.70 bits per heavy atom. The van der Waals surface area contributed by atoms with Gasteiger partial charge in [0.25, 0.3) is 0 Å². The van der Waals surface area contributed by atoms with Gasteiger partial charge in [-0.2, -0.15) is 0 Å². The molecule has 1 aliphatic heterocycles. The fraction of sp³-hybridized carbons (Fsp3) is 0.278. The number of amides is 1. The van der Waals surface area contributed by atoms with Crippen LogP contribution < -0.4 is 10.6 Å². The number of benzene rings is 2. The van der Waals surface area contributed by atoms with Gasteiger partial charge in [0.1, 0.15) is 5.82 Å². The van der Waals surface area contributed by atoms with E-state index in [4.69, 9.17) is 0 Å². The van der Waals surface area contributed by atoms with Crippen LogP contribution in [0.1, 0.15) is 22.8 Å². The number of hydrogen-bond acceptors (Lipinski definition) is 3. The fourth-order valence-corrected chi connectivity index (χ4v) is 2.82. The lowest BCUT2D eigenvalue weighted by Crippen LogP contribution is -2.48. The highest BCUT2D eigenvalue weighted by atomic mass is 19.1. The van der Waals surface area contributed by atoms with E-state index >= 15 is 0 Å². The molecule has 1 aliphatic rings. The van der Waals surface area contributed by atoms with Crippen LogP contribution in [0.25, 0.3) is 0 Å². The summed E-state index contributed by atoms with van der Waals surface area (Å²) in [4.78, 5) is 12.3. The number of aliphatic hydroxyl groups excluding tert-OH is 1. The van der Waals surface area contributed by atoms with Crippen molar-refractivity contribution < 1.29 is 14.3 Å². The van der Waals surface area contributed by atoms with Gasteiger partial charge in [-0.1, -0.05) is 42.5 Å². The zero-order valence-electron chi connectivity index (χ0n) is 12.6. The minimum absolute atomic E-state index is 0.0143. The standard InChI is InChI=1S/C18H19FN2O2/c19-15-8-4-3-7-14(15)17(22)11-21-18(23)16-9-12-5-1-2-6-13(12)10-20-16/h1-8,16-17,20,22H,9-11H2,(H,21,23)/t16-,17+/m0/s1. The summed E-state index contributed by atoms with van der Waals surface area (Å²) in [5.41, 5.74) is 2.54. The molecule has 0 radical (unpaired) electrons. The van der Waals surface area contributed by atoms with Crippen molar-refractivity contribution in [3.05, 3.63) is 71.0 Å². The summed E-state index contributed by atoms with van der Waals surface area (Å²) >= 11 is 0. The summed E-state index contributed by atoms with van der Waals surface area (Å²) in [7, 11) is 0. The van der Waals surface area contributed by atoms with Gasteiger partial charge in [0.15, 0.2) is 0 Å². The first kappa shape index (κ1) is 15.6. The Labute approximate surface area is 134 Å². The van der Waals surface area contributed by atoms with Crippen molar-refractivity contribution in [2.24, 2.45) is 0 Å². The molecule has 0 bridgehead atoms. The lowest BCUT2D eigenvalue weighted by atomic mass is 9.95. The molecule has 5 heteroatoms. The molecule has 1 amide bonds. The third-order valence-corrected chi connectivity index (χ3v) is 4.13. The first-order chi connectivity index (χ1) is 11.1. The second-order valence-electron chi connectivity index (χ2n) is 5.69. The van der Waals surface area contributed by atoms with Crippen molar-refractivity contribution in [1.82, 2.24) is 10.6 Å². The van der Waals surface area contributed by atoms with Crippen LogP contribution in [-0.2, 0) is 17.8 Å². The molecule has 0 aromatic heterocycles. The predicted molar refractivity (Wildman–Crippen MR) is 85.1 cm³/mol. The zero-order valence-corrected chi connectivity index (χ0v) is 12.6. The highest BCUT2D eigenvalue weighted by Crippen LogP contribution is 2.17. The Morgan fingerprint density at radius 1 is 1.22 bits per heavy atom. The molecular formula is C18H19FN2O2. The topological polar surface area (TPSA) is 61.4 Å². The van der Waals surface area contributed by atoms with Crippen molar-refractivity contribution >= 4 is 5.91 Å². The average Bonchev–Trinajstić information content (AvgIpc) is 2.59. The van der Waals surface area contributed by atoms with Gasteiger partial charge >= 0.3 is 0 Å². The summed E-state index contributed by atoms with van der Waals surface area (Å²) in [6.45, 7) is 0.629. The molecule has 120 valence electrons. The van der Waals surface area contributed by atoms with E-state index in [2.05, 4.69) is 10.6 Å². The molecule has 0 aliphatic carbocycles. The minimum Gasteiger partial charge on any atom is -0.386 e. The maximum absolute atomic E-state index is 13.6. The highest BCUT2D eigenvalue weighted by molar-refractivity contribution is 5.82. The Bertz CT molecular complexity index is 705. The summed E-state index contributed by atoms with van der Waals surface area (Å²) in [6.07, 6.45) is -0.450. The Kier molecular flexibility index (Phi) is 4.69. The van der Waals surface area contributed by atoms with Crippen molar-refractivity contribution in [2.45, 2.75) is 25.1 Å². The molecule has 4 nitrogen and oxygen atoms in total. The predicted octanol–water partition coefficient (Wildman–Crippen LogP) is 1.69. The van der Waals surface area contributed by atoms with E-state index in [1.807, 2.05) is 24.3 Å². The number of rotatable bonds is 4. The molecule has 0 fully saturated rings. The Balaban J connectivity index is 1.57. The van der Waals surface area contributed by atoms with E-state index in [0.717, 1.165) is 5.56 Å². The van der Waals surface area contributed by atoms with Gasteiger partial charge in [-0.05, 0) is 23.6 Å². The Hall–Kier alpha value is -2.24. The number of carbonyl (C=O) groups excluding carboxylic acids is 1. The lowest BCUT2D eigenvalue weighted by molar-refractivity contribution is -0.123. The van der Waals surface area contributed by atoms with E-state index in [9.17, 15) is 14.3 Å². The molecule has 23 heavy (non-hydrogen) atoms. The third kappa shape index (κ3) is 3.57. The maximum Gasteiger partial charge on any atom is 0.237 e. The van der Waals surface area contributed by atoms with Gasteiger partial charge in [0.2, 0.25) is 5.91 Å². The molecule has 3 N–H and O–H groups in total. The molecular weight excluding hydrogens is 295 g/mol. The van der Waals surface area contributed by atoms with Gasteiger partial charge in [0.05, 0.1) is 12.1 Å². The van der Waals surface area contributed by atoms with Crippen molar-refractivity contribution in [3.8, 4) is 0 Å². The van der Waals surface area contributed by atoms with Crippen LogP contribution in [0.15, 0.2) is 48.5 Å². The van der Waals surface area contributed by atoms with Crippen molar-refractivity contribution in [3.63, 3.8) is 0 Å². The van der Waals surface area contributed by atoms with E-state index in [1.54, 1.807) is 12.1 Å². The van der Waals surface area contributed by atoms with Gasteiger partial charge in [-0.15, -0.1) is 0 Å². The minimum atomic E-state index is -1.06. The van der Waals surface area contributed by atoms with Crippen molar-refractivity contribution in [2.75, 3.05) is 6.54 Å². The molecule has 2 aromatic carbocycles. The third-order valence-electron chi connectivity index (χ3n) is 4.13. The monoisotopic (exact) mass is 314 g/mol. The highest BCUT2D eigenvalue weighted by Gasteiger charge is 2.24. The largest absolute Gasteiger partial charge is 0.386 e. The molecule has 0 saturated carbocycles. The number of halogens is 1. The van der Waals surface area contributed by atoms with Crippen LogP contribution in [0.4, 0.5) is 4.39 Å². The first-order valence-electron chi connectivity index (χ1n) is 7.65. The summed E-state index contributed by atoms with van der Waals surface area (Å²) in [5.74, 6) is -0.658. The van der Waals surface area contributed by atoms with Crippen LogP contribution in [-0.4, -0.2) is 23.6 Å². The van der Waals surface area contributed by atoms with E-state index < -0.39 is 11.9 Å². The quantitative estimate of drug-likeness (QED) is 0.805. The van der Waals surface area contributed by atoms with Gasteiger partial charge in [-0.3, -0.25) is 4.79 Å². The van der Waals surface area contributed by atoms with Crippen LogP contribution >= 0.6 is 0 Å². The van der Waals surface area contributed by atoms with E-state index in [-0.39, 0.29) is 24.1 Å². The van der Waals surface area contributed by atoms with Gasteiger partial charge < -0.3 is 15.7 Å². The van der Waals surface area contributed by atoms with Crippen LogP contribution in [0.2, 0.25) is 0 Å². The average molecular weight is 314 g/mol. The van der Waals surface area contributed by atoms with Crippen LogP contribution in [0, 0.1) is 5.82 Å². The SMILES string of the molecule is O=C(NC[C@@H](O)c1ccccc1F)[C@@H]1Cc2ccccc2CN1. The second-order valence-corrected chi connectivity index (χ2v) is 5.69.